The summed E-state index contributed by atoms with van der Waals surface area (Å²) in [5, 5.41) is 2.98. The number of carbonyl (C=O) groups is 1. The molecule has 1 aromatic rings. The summed E-state index contributed by atoms with van der Waals surface area (Å²) in [6.45, 7) is 3.37. The van der Waals surface area contributed by atoms with Crippen molar-refractivity contribution in [2.75, 3.05) is 26.2 Å². The third kappa shape index (κ3) is 3.85. The standard InChI is InChI=1S/C20H29N3O3S/c24-19(22-14-11-20(16-22)9-4-10-20)21-15-17-5-7-18(8-6-17)27(25,26)23-12-2-1-3-13-23/h5-8H,1-4,9-16H2,(H,21,24). The molecule has 27 heavy (non-hydrogen) atoms. The van der Waals surface area contributed by atoms with E-state index in [4.69, 9.17) is 0 Å². The van der Waals surface area contributed by atoms with Crippen LogP contribution < -0.4 is 5.32 Å². The first kappa shape index (κ1) is 18.7. The lowest BCUT2D eigenvalue weighted by molar-refractivity contribution is 0.141. The Hall–Kier alpha value is -1.60. The Balaban J connectivity index is 1.32. The zero-order chi connectivity index (χ0) is 18.9. The van der Waals surface area contributed by atoms with E-state index in [-0.39, 0.29) is 6.03 Å². The molecule has 0 radical (unpaired) electrons. The van der Waals surface area contributed by atoms with Gasteiger partial charge in [-0.25, -0.2) is 13.2 Å². The molecule has 1 aliphatic carbocycles. The van der Waals surface area contributed by atoms with Crippen LogP contribution in [0.25, 0.3) is 0 Å². The van der Waals surface area contributed by atoms with Gasteiger partial charge in [0.25, 0.3) is 0 Å². The number of urea groups is 1. The quantitative estimate of drug-likeness (QED) is 0.858. The first-order valence-electron chi connectivity index (χ1n) is 10.1. The largest absolute Gasteiger partial charge is 0.334 e. The molecule has 2 aliphatic heterocycles. The summed E-state index contributed by atoms with van der Waals surface area (Å²) < 4.78 is 26.9. The number of hydrogen-bond acceptors (Lipinski definition) is 3. The van der Waals surface area contributed by atoms with E-state index in [1.807, 2.05) is 4.90 Å². The van der Waals surface area contributed by atoms with Gasteiger partial charge in [0.15, 0.2) is 0 Å². The van der Waals surface area contributed by atoms with E-state index >= 15 is 0 Å². The van der Waals surface area contributed by atoms with Crippen molar-refractivity contribution in [3.05, 3.63) is 29.8 Å². The summed E-state index contributed by atoms with van der Waals surface area (Å²) in [5.41, 5.74) is 1.32. The summed E-state index contributed by atoms with van der Waals surface area (Å²) >= 11 is 0. The van der Waals surface area contributed by atoms with Gasteiger partial charge >= 0.3 is 6.03 Å². The van der Waals surface area contributed by atoms with Crippen LogP contribution in [-0.4, -0.2) is 49.8 Å². The third-order valence-electron chi connectivity index (χ3n) is 6.46. The molecule has 2 heterocycles. The molecule has 0 atom stereocenters. The van der Waals surface area contributed by atoms with Crippen LogP contribution in [0, 0.1) is 5.41 Å². The topological polar surface area (TPSA) is 69.7 Å². The number of sulfonamides is 1. The van der Waals surface area contributed by atoms with Gasteiger partial charge in [-0.15, -0.1) is 0 Å². The predicted octanol–water partition coefficient (Wildman–Crippen LogP) is 2.95. The Morgan fingerprint density at radius 3 is 2.26 bits per heavy atom. The van der Waals surface area contributed by atoms with E-state index in [1.165, 1.54) is 19.3 Å². The molecule has 6 nitrogen and oxygen atoms in total. The Bertz CT molecular complexity index is 781. The molecule has 4 rings (SSSR count). The highest BCUT2D eigenvalue weighted by atomic mass is 32.2. The molecule has 1 N–H and O–H groups in total. The minimum atomic E-state index is -3.39. The Morgan fingerprint density at radius 2 is 1.67 bits per heavy atom. The highest BCUT2D eigenvalue weighted by molar-refractivity contribution is 7.89. The van der Waals surface area contributed by atoms with Gasteiger partial charge in [-0.2, -0.15) is 4.31 Å². The van der Waals surface area contributed by atoms with Crippen molar-refractivity contribution in [1.29, 1.82) is 0 Å². The first-order chi connectivity index (χ1) is 13.0. The highest BCUT2D eigenvalue weighted by Crippen LogP contribution is 2.47. The monoisotopic (exact) mass is 391 g/mol. The van der Waals surface area contributed by atoms with Gasteiger partial charge in [0, 0.05) is 32.7 Å². The number of likely N-dealkylation sites (tertiary alicyclic amines) is 1. The smallest absolute Gasteiger partial charge is 0.317 e. The van der Waals surface area contributed by atoms with Crippen molar-refractivity contribution in [1.82, 2.24) is 14.5 Å². The van der Waals surface area contributed by atoms with Crippen molar-refractivity contribution >= 4 is 16.1 Å². The molecule has 1 saturated carbocycles. The normalized spacial score (nSPS) is 22.6. The SMILES string of the molecule is O=C(NCc1ccc(S(=O)(=O)N2CCCCC2)cc1)N1CCC2(CCC2)C1. The number of benzene rings is 1. The molecule has 2 saturated heterocycles. The van der Waals surface area contributed by atoms with E-state index in [9.17, 15) is 13.2 Å². The molecule has 1 aromatic carbocycles. The molecule has 0 bridgehead atoms. The second-order valence-electron chi connectivity index (χ2n) is 8.29. The maximum absolute atomic E-state index is 12.7. The van der Waals surface area contributed by atoms with Crippen LogP contribution >= 0.6 is 0 Å². The summed E-state index contributed by atoms with van der Waals surface area (Å²) in [4.78, 5) is 14.7. The molecular weight excluding hydrogens is 362 g/mol. The lowest BCUT2D eigenvalue weighted by atomic mass is 9.68. The molecule has 7 heteroatoms. The number of amides is 2. The maximum Gasteiger partial charge on any atom is 0.317 e. The van der Waals surface area contributed by atoms with Crippen LogP contribution in [0.2, 0.25) is 0 Å². The minimum Gasteiger partial charge on any atom is -0.334 e. The van der Waals surface area contributed by atoms with Crippen molar-refractivity contribution < 1.29 is 13.2 Å². The molecule has 0 aromatic heterocycles. The van der Waals surface area contributed by atoms with Gasteiger partial charge in [0.05, 0.1) is 4.90 Å². The number of rotatable bonds is 4. The fourth-order valence-electron chi connectivity index (χ4n) is 4.52. The Labute approximate surface area is 162 Å². The lowest BCUT2D eigenvalue weighted by Crippen LogP contribution is -2.41. The molecule has 3 aliphatic rings. The van der Waals surface area contributed by atoms with Crippen LogP contribution in [0.1, 0.15) is 50.5 Å². The fourth-order valence-corrected chi connectivity index (χ4v) is 6.03. The fraction of sp³-hybridized carbons (Fsp3) is 0.650. The van der Waals surface area contributed by atoms with Gasteiger partial charge in [-0.3, -0.25) is 0 Å². The third-order valence-corrected chi connectivity index (χ3v) is 8.37. The summed E-state index contributed by atoms with van der Waals surface area (Å²) in [7, 11) is -3.39. The van der Waals surface area contributed by atoms with Crippen LogP contribution in [0.15, 0.2) is 29.2 Å². The Kier molecular flexibility index (Phi) is 5.16. The van der Waals surface area contributed by atoms with Crippen LogP contribution in [0.4, 0.5) is 4.79 Å². The number of nitrogens with one attached hydrogen (secondary N) is 1. The molecule has 148 valence electrons. The lowest BCUT2D eigenvalue weighted by Gasteiger charge is -2.37. The average Bonchev–Trinajstić information content (AvgIpc) is 3.14. The zero-order valence-electron chi connectivity index (χ0n) is 15.8. The van der Waals surface area contributed by atoms with Crippen molar-refractivity contribution in [2.45, 2.75) is 56.4 Å². The van der Waals surface area contributed by atoms with Crippen molar-refractivity contribution in [3.8, 4) is 0 Å². The maximum atomic E-state index is 12.7. The zero-order valence-corrected chi connectivity index (χ0v) is 16.6. The molecule has 3 fully saturated rings. The van der Waals surface area contributed by atoms with Gasteiger partial charge < -0.3 is 10.2 Å². The predicted molar refractivity (Wildman–Crippen MR) is 104 cm³/mol. The van der Waals surface area contributed by atoms with Crippen LogP contribution in [0.5, 0.6) is 0 Å². The molecular formula is C20H29N3O3S. The Morgan fingerprint density at radius 1 is 0.963 bits per heavy atom. The number of carbonyl (C=O) groups excluding carboxylic acids is 1. The number of nitrogens with zero attached hydrogens (tertiary/aromatic N) is 2. The van der Waals surface area contributed by atoms with Crippen LogP contribution in [-0.2, 0) is 16.6 Å². The van der Waals surface area contributed by atoms with E-state index in [0.717, 1.165) is 44.3 Å². The van der Waals surface area contributed by atoms with Gasteiger partial charge in [-0.05, 0) is 55.2 Å². The molecule has 1 spiro atoms. The summed E-state index contributed by atoms with van der Waals surface area (Å²) in [6, 6.07) is 6.90. The number of hydrogen-bond donors (Lipinski definition) is 1. The minimum absolute atomic E-state index is 0.0104. The average molecular weight is 392 g/mol. The second-order valence-corrected chi connectivity index (χ2v) is 10.2. The highest BCUT2D eigenvalue weighted by Gasteiger charge is 2.44. The number of piperidine rings is 1. The van der Waals surface area contributed by atoms with Crippen LogP contribution in [0.3, 0.4) is 0 Å². The summed E-state index contributed by atoms with van der Waals surface area (Å²) in [5.74, 6) is 0. The van der Waals surface area contributed by atoms with E-state index < -0.39 is 10.0 Å². The molecule has 2 amide bonds. The van der Waals surface area contributed by atoms with E-state index in [1.54, 1.807) is 28.6 Å². The second kappa shape index (κ2) is 7.43. The van der Waals surface area contributed by atoms with Gasteiger partial charge in [0.1, 0.15) is 0 Å². The van der Waals surface area contributed by atoms with E-state index in [2.05, 4.69) is 5.32 Å². The van der Waals surface area contributed by atoms with Crippen molar-refractivity contribution in [3.63, 3.8) is 0 Å². The van der Waals surface area contributed by atoms with E-state index in [0.29, 0.717) is 29.9 Å². The van der Waals surface area contributed by atoms with Gasteiger partial charge in [0.2, 0.25) is 10.0 Å². The van der Waals surface area contributed by atoms with Crippen molar-refractivity contribution in [2.24, 2.45) is 5.41 Å². The van der Waals surface area contributed by atoms with Gasteiger partial charge in [-0.1, -0.05) is 25.0 Å². The summed E-state index contributed by atoms with van der Waals surface area (Å²) in [6.07, 6.45) is 7.89. The first-order valence-corrected chi connectivity index (χ1v) is 11.5. The molecule has 0 unspecified atom stereocenters.